The molecule has 1 amide bonds. The van der Waals surface area contributed by atoms with Crippen molar-refractivity contribution in [2.24, 2.45) is 0 Å². The van der Waals surface area contributed by atoms with Crippen LogP contribution >= 0.6 is 0 Å². The molecule has 1 aromatic rings. The van der Waals surface area contributed by atoms with Crippen LogP contribution in [-0.4, -0.2) is 26.1 Å². The molecule has 0 aliphatic heterocycles. The van der Waals surface area contributed by atoms with E-state index in [-0.39, 0.29) is 5.91 Å². The zero-order valence-electron chi connectivity index (χ0n) is 9.75. The predicted octanol–water partition coefficient (Wildman–Crippen LogP) is 1.38. The number of benzene rings is 1. The summed E-state index contributed by atoms with van der Waals surface area (Å²) in [6, 6.07) is 7.64. The minimum atomic E-state index is -0.0311. The first-order valence-corrected chi connectivity index (χ1v) is 5.34. The van der Waals surface area contributed by atoms with Crippen molar-refractivity contribution in [1.82, 2.24) is 5.32 Å². The molecule has 0 bridgehead atoms. The molecule has 0 aromatic heterocycles. The highest BCUT2D eigenvalue weighted by atomic mass is 16.5. The van der Waals surface area contributed by atoms with Crippen LogP contribution in [0, 0.1) is 0 Å². The van der Waals surface area contributed by atoms with Crippen LogP contribution < -0.4 is 10.6 Å². The molecule has 0 saturated carbocycles. The number of methoxy groups -OCH3 is 1. The highest BCUT2D eigenvalue weighted by molar-refractivity contribution is 5.92. The van der Waals surface area contributed by atoms with Gasteiger partial charge in [0.1, 0.15) is 0 Å². The average Bonchev–Trinajstić information content (AvgIpc) is 2.27. The number of hydrogen-bond acceptors (Lipinski definition) is 3. The van der Waals surface area contributed by atoms with Crippen molar-refractivity contribution in [2.75, 3.05) is 25.5 Å². The highest BCUT2D eigenvalue weighted by Crippen LogP contribution is 2.10. The summed E-state index contributed by atoms with van der Waals surface area (Å²) in [5, 5.41) is 5.79. The molecule has 4 nitrogen and oxygen atoms in total. The van der Waals surface area contributed by atoms with E-state index in [9.17, 15) is 4.79 Å². The van der Waals surface area contributed by atoms with Gasteiger partial charge in [0.05, 0.1) is 13.2 Å². The largest absolute Gasteiger partial charge is 0.380 e. The Bertz CT molecular complexity index is 340. The lowest BCUT2D eigenvalue weighted by Gasteiger charge is -2.07. The topological polar surface area (TPSA) is 50.4 Å². The molecular formula is C12H18N2O2. The minimum Gasteiger partial charge on any atom is -0.380 e. The SMILES string of the molecule is CCNCC(=O)Nc1cccc(COC)c1. The summed E-state index contributed by atoms with van der Waals surface area (Å²) in [6.07, 6.45) is 0. The van der Waals surface area contributed by atoms with E-state index in [0.717, 1.165) is 17.8 Å². The first kappa shape index (κ1) is 12.7. The number of nitrogens with one attached hydrogen (secondary N) is 2. The zero-order valence-corrected chi connectivity index (χ0v) is 9.75. The van der Waals surface area contributed by atoms with Gasteiger partial charge in [-0.3, -0.25) is 4.79 Å². The third-order valence-electron chi connectivity index (χ3n) is 2.06. The number of carbonyl (C=O) groups excluding carboxylic acids is 1. The van der Waals surface area contributed by atoms with E-state index in [1.54, 1.807) is 7.11 Å². The van der Waals surface area contributed by atoms with Crippen molar-refractivity contribution in [1.29, 1.82) is 0 Å². The number of anilines is 1. The van der Waals surface area contributed by atoms with Gasteiger partial charge in [-0.2, -0.15) is 0 Å². The monoisotopic (exact) mass is 222 g/mol. The Balaban J connectivity index is 2.52. The number of rotatable bonds is 6. The van der Waals surface area contributed by atoms with Gasteiger partial charge in [0.2, 0.25) is 5.91 Å². The van der Waals surface area contributed by atoms with E-state index >= 15 is 0 Å². The first-order valence-electron chi connectivity index (χ1n) is 5.34. The maximum Gasteiger partial charge on any atom is 0.238 e. The van der Waals surface area contributed by atoms with Gasteiger partial charge in [0.25, 0.3) is 0 Å². The normalized spacial score (nSPS) is 10.1. The molecule has 0 fully saturated rings. The van der Waals surface area contributed by atoms with Gasteiger partial charge in [-0.15, -0.1) is 0 Å². The Morgan fingerprint density at radius 3 is 2.94 bits per heavy atom. The maximum atomic E-state index is 11.4. The molecule has 0 atom stereocenters. The van der Waals surface area contributed by atoms with Gasteiger partial charge < -0.3 is 15.4 Å². The highest BCUT2D eigenvalue weighted by Gasteiger charge is 2.01. The number of likely N-dealkylation sites (N-methyl/N-ethyl adjacent to an activating group) is 1. The molecule has 0 heterocycles. The molecule has 0 unspecified atom stereocenters. The minimum absolute atomic E-state index is 0.0311. The van der Waals surface area contributed by atoms with Crippen LogP contribution in [0.1, 0.15) is 12.5 Å². The van der Waals surface area contributed by atoms with Crippen LogP contribution in [0.5, 0.6) is 0 Å². The van der Waals surface area contributed by atoms with Crippen LogP contribution in [0.2, 0.25) is 0 Å². The van der Waals surface area contributed by atoms with Crippen molar-refractivity contribution in [3.8, 4) is 0 Å². The fourth-order valence-corrected chi connectivity index (χ4v) is 1.35. The summed E-state index contributed by atoms with van der Waals surface area (Å²) in [4.78, 5) is 11.4. The second-order valence-electron chi connectivity index (χ2n) is 3.46. The van der Waals surface area contributed by atoms with E-state index in [4.69, 9.17) is 4.74 Å². The summed E-state index contributed by atoms with van der Waals surface area (Å²) < 4.78 is 5.03. The molecular weight excluding hydrogens is 204 g/mol. The van der Waals surface area contributed by atoms with Crippen molar-refractivity contribution in [3.05, 3.63) is 29.8 Å². The Labute approximate surface area is 96.0 Å². The van der Waals surface area contributed by atoms with Crippen molar-refractivity contribution in [2.45, 2.75) is 13.5 Å². The van der Waals surface area contributed by atoms with E-state index in [0.29, 0.717) is 13.2 Å². The van der Waals surface area contributed by atoms with Crippen LogP contribution in [0.25, 0.3) is 0 Å². The number of ether oxygens (including phenoxy) is 1. The molecule has 4 heteroatoms. The Morgan fingerprint density at radius 2 is 2.25 bits per heavy atom. The molecule has 88 valence electrons. The molecule has 1 aromatic carbocycles. The Kier molecular flexibility index (Phi) is 5.53. The van der Waals surface area contributed by atoms with E-state index in [1.807, 2.05) is 31.2 Å². The smallest absolute Gasteiger partial charge is 0.238 e. The molecule has 1 rings (SSSR count). The molecule has 0 radical (unpaired) electrons. The summed E-state index contributed by atoms with van der Waals surface area (Å²) >= 11 is 0. The molecule has 0 aliphatic carbocycles. The van der Waals surface area contributed by atoms with Crippen molar-refractivity contribution >= 4 is 11.6 Å². The first-order chi connectivity index (χ1) is 7.76. The van der Waals surface area contributed by atoms with Crippen LogP contribution in [0.15, 0.2) is 24.3 Å². The number of hydrogen-bond donors (Lipinski definition) is 2. The number of amides is 1. The van der Waals surface area contributed by atoms with E-state index in [1.165, 1.54) is 0 Å². The quantitative estimate of drug-likeness (QED) is 0.764. The third-order valence-corrected chi connectivity index (χ3v) is 2.06. The zero-order chi connectivity index (χ0) is 11.8. The van der Waals surface area contributed by atoms with Gasteiger partial charge in [-0.05, 0) is 24.2 Å². The van der Waals surface area contributed by atoms with E-state index in [2.05, 4.69) is 10.6 Å². The average molecular weight is 222 g/mol. The summed E-state index contributed by atoms with van der Waals surface area (Å²) in [5.74, 6) is -0.0311. The maximum absolute atomic E-state index is 11.4. The third kappa shape index (κ3) is 4.42. The summed E-state index contributed by atoms with van der Waals surface area (Å²) in [6.45, 7) is 3.64. The van der Waals surface area contributed by atoms with Crippen LogP contribution in [0.3, 0.4) is 0 Å². The number of carbonyl (C=O) groups is 1. The Morgan fingerprint density at radius 1 is 1.44 bits per heavy atom. The fourth-order valence-electron chi connectivity index (χ4n) is 1.35. The lowest BCUT2D eigenvalue weighted by Crippen LogP contribution is -2.27. The predicted molar refractivity (Wildman–Crippen MR) is 64.3 cm³/mol. The fraction of sp³-hybridized carbons (Fsp3) is 0.417. The lowest BCUT2D eigenvalue weighted by atomic mass is 10.2. The van der Waals surface area contributed by atoms with Crippen molar-refractivity contribution in [3.63, 3.8) is 0 Å². The second-order valence-corrected chi connectivity index (χ2v) is 3.46. The molecule has 2 N–H and O–H groups in total. The van der Waals surface area contributed by atoms with Gasteiger partial charge in [0.15, 0.2) is 0 Å². The standard InChI is InChI=1S/C12H18N2O2/c1-3-13-8-12(15)14-11-6-4-5-10(7-11)9-16-2/h4-7,13H,3,8-9H2,1-2H3,(H,14,15). The summed E-state index contributed by atoms with van der Waals surface area (Å²) in [5.41, 5.74) is 1.85. The molecule has 16 heavy (non-hydrogen) atoms. The van der Waals surface area contributed by atoms with Gasteiger partial charge in [0, 0.05) is 12.8 Å². The van der Waals surface area contributed by atoms with Crippen molar-refractivity contribution < 1.29 is 9.53 Å². The van der Waals surface area contributed by atoms with Crippen LogP contribution in [0.4, 0.5) is 5.69 Å². The van der Waals surface area contributed by atoms with Gasteiger partial charge >= 0.3 is 0 Å². The summed E-state index contributed by atoms with van der Waals surface area (Å²) in [7, 11) is 1.65. The second kappa shape index (κ2) is 6.98. The van der Waals surface area contributed by atoms with Gasteiger partial charge in [-0.1, -0.05) is 19.1 Å². The van der Waals surface area contributed by atoms with Gasteiger partial charge in [-0.25, -0.2) is 0 Å². The molecule has 0 aliphatic rings. The Hall–Kier alpha value is -1.39. The van der Waals surface area contributed by atoms with Crippen LogP contribution in [-0.2, 0) is 16.1 Å². The van der Waals surface area contributed by atoms with E-state index < -0.39 is 0 Å². The lowest BCUT2D eigenvalue weighted by molar-refractivity contribution is -0.115. The molecule has 0 saturated heterocycles. The molecule has 0 spiro atoms.